The largest absolute Gasteiger partial charge is 0.406 e. The zero-order valence-electron chi connectivity index (χ0n) is 12.8. The minimum absolute atomic E-state index is 0.0234. The molecule has 0 saturated heterocycles. The summed E-state index contributed by atoms with van der Waals surface area (Å²) in [6.45, 7) is 5.07. The summed E-state index contributed by atoms with van der Waals surface area (Å²) in [5, 5.41) is 2.28. The second kappa shape index (κ2) is 8.21. The topological polar surface area (TPSA) is 75.4 Å². The fourth-order valence-corrected chi connectivity index (χ4v) is 1.61. The zero-order chi connectivity index (χ0) is 16.8. The van der Waals surface area contributed by atoms with E-state index in [2.05, 4.69) is 5.32 Å². The highest BCUT2D eigenvalue weighted by atomic mass is 19.4. The van der Waals surface area contributed by atoms with Crippen LogP contribution >= 0.6 is 0 Å². The smallest absolute Gasteiger partial charge is 0.346 e. The summed E-state index contributed by atoms with van der Waals surface area (Å²) < 4.78 is 37.3. The molecule has 0 aromatic heterocycles. The molecule has 0 spiro atoms. The second-order valence-corrected chi connectivity index (χ2v) is 5.77. The fourth-order valence-electron chi connectivity index (χ4n) is 1.61. The van der Waals surface area contributed by atoms with Gasteiger partial charge in [-0.15, -0.1) is 0 Å². The molecule has 1 atom stereocenters. The number of rotatable bonds is 7. The molecule has 0 saturated carbocycles. The molecule has 0 aliphatic heterocycles. The molecule has 0 aromatic carbocycles. The third kappa shape index (κ3) is 8.54. The van der Waals surface area contributed by atoms with E-state index in [1.165, 1.54) is 0 Å². The van der Waals surface area contributed by atoms with Gasteiger partial charge in [0.05, 0.1) is 12.6 Å². The molecule has 0 heterocycles. The van der Waals surface area contributed by atoms with Crippen LogP contribution in [0.3, 0.4) is 0 Å². The van der Waals surface area contributed by atoms with E-state index in [0.29, 0.717) is 4.90 Å². The Bertz CT molecular complexity index is 357. The zero-order valence-corrected chi connectivity index (χ0v) is 12.8. The molecule has 8 heteroatoms. The maximum absolute atomic E-state index is 12.4. The van der Waals surface area contributed by atoms with Crippen LogP contribution < -0.4 is 11.1 Å². The summed E-state index contributed by atoms with van der Waals surface area (Å²) >= 11 is 0. The molecule has 0 rings (SSSR count). The van der Waals surface area contributed by atoms with Gasteiger partial charge in [0.25, 0.3) is 0 Å². The number of nitrogens with zero attached hydrogens (tertiary/aromatic N) is 1. The molecule has 0 aliphatic rings. The van der Waals surface area contributed by atoms with E-state index >= 15 is 0 Å². The van der Waals surface area contributed by atoms with Gasteiger partial charge in [0, 0.05) is 6.54 Å². The first-order valence-electron chi connectivity index (χ1n) is 6.81. The Balaban J connectivity index is 4.57. The van der Waals surface area contributed by atoms with Crippen LogP contribution in [0.25, 0.3) is 0 Å². The predicted molar refractivity (Wildman–Crippen MR) is 73.3 cm³/mol. The van der Waals surface area contributed by atoms with E-state index in [9.17, 15) is 22.8 Å². The Morgan fingerprint density at radius 2 is 1.71 bits per heavy atom. The number of alkyl halides is 3. The molecular weight excluding hydrogens is 287 g/mol. The Hall–Kier alpha value is -1.31. The van der Waals surface area contributed by atoms with Gasteiger partial charge >= 0.3 is 6.18 Å². The summed E-state index contributed by atoms with van der Waals surface area (Å²) in [5.41, 5.74) is 5.59. The molecule has 124 valence electrons. The van der Waals surface area contributed by atoms with Gasteiger partial charge in [-0.3, -0.25) is 9.59 Å². The third-order valence-corrected chi connectivity index (χ3v) is 2.74. The number of hydrogen-bond donors (Lipinski definition) is 2. The monoisotopic (exact) mass is 311 g/mol. The first-order valence-corrected chi connectivity index (χ1v) is 6.81. The van der Waals surface area contributed by atoms with Crippen molar-refractivity contribution >= 4 is 11.8 Å². The van der Waals surface area contributed by atoms with Crippen molar-refractivity contribution in [2.24, 2.45) is 17.6 Å². The maximum Gasteiger partial charge on any atom is 0.406 e. The highest BCUT2D eigenvalue weighted by Crippen LogP contribution is 2.17. The van der Waals surface area contributed by atoms with Gasteiger partial charge in [-0.05, 0) is 11.8 Å². The van der Waals surface area contributed by atoms with Crippen molar-refractivity contribution in [3.63, 3.8) is 0 Å². The molecule has 0 unspecified atom stereocenters. The van der Waals surface area contributed by atoms with Crippen molar-refractivity contribution in [1.29, 1.82) is 0 Å². The van der Waals surface area contributed by atoms with Crippen LogP contribution in [0.1, 0.15) is 27.7 Å². The number of nitrogens with one attached hydrogen (secondary N) is 1. The number of carbonyl (C=O) groups is 2. The van der Waals surface area contributed by atoms with Crippen molar-refractivity contribution in [2.75, 3.05) is 19.6 Å². The lowest BCUT2D eigenvalue weighted by Crippen LogP contribution is -2.49. The molecule has 0 aromatic rings. The predicted octanol–water partition coefficient (Wildman–Crippen LogP) is 1.13. The third-order valence-electron chi connectivity index (χ3n) is 2.74. The van der Waals surface area contributed by atoms with Gasteiger partial charge in [-0.25, -0.2) is 0 Å². The number of amides is 2. The van der Waals surface area contributed by atoms with E-state index in [-0.39, 0.29) is 18.4 Å². The Labute approximate surface area is 123 Å². The average Bonchev–Trinajstić information content (AvgIpc) is 2.31. The SMILES string of the molecule is CC(C)CN(CC(F)(F)F)C(=O)CNC(=O)[C@@H](N)C(C)C. The quantitative estimate of drug-likeness (QED) is 0.740. The van der Waals surface area contributed by atoms with Gasteiger partial charge in [-0.2, -0.15) is 13.2 Å². The van der Waals surface area contributed by atoms with E-state index in [4.69, 9.17) is 5.73 Å². The van der Waals surface area contributed by atoms with Crippen LogP contribution in [0.2, 0.25) is 0 Å². The maximum atomic E-state index is 12.4. The van der Waals surface area contributed by atoms with Crippen LogP contribution in [0.4, 0.5) is 13.2 Å². The number of hydrogen-bond acceptors (Lipinski definition) is 3. The number of halogens is 3. The molecule has 0 radical (unpaired) electrons. The summed E-state index contributed by atoms with van der Waals surface area (Å²) in [5.74, 6) is -1.55. The number of carbonyl (C=O) groups excluding carboxylic acids is 2. The fraction of sp³-hybridized carbons (Fsp3) is 0.846. The summed E-state index contributed by atoms with van der Waals surface area (Å²) in [4.78, 5) is 24.1. The van der Waals surface area contributed by atoms with E-state index < -0.39 is 37.1 Å². The molecular formula is C13H24F3N3O2. The molecule has 5 nitrogen and oxygen atoms in total. The lowest BCUT2D eigenvalue weighted by atomic mass is 10.1. The van der Waals surface area contributed by atoms with Gasteiger partial charge in [0.2, 0.25) is 11.8 Å². The molecule has 3 N–H and O–H groups in total. The molecule has 2 amide bonds. The van der Waals surface area contributed by atoms with Gasteiger partial charge in [0.1, 0.15) is 6.54 Å². The van der Waals surface area contributed by atoms with Crippen molar-refractivity contribution in [3.8, 4) is 0 Å². The van der Waals surface area contributed by atoms with E-state index in [0.717, 1.165) is 0 Å². The Kier molecular flexibility index (Phi) is 7.70. The molecule has 0 bridgehead atoms. The van der Waals surface area contributed by atoms with Gasteiger partial charge in [0.15, 0.2) is 0 Å². The standard InChI is InChI=1S/C13H24F3N3O2/c1-8(2)6-19(7-13(14,15)16)10(20)5-18-12(21)11(17)9(3)4/h8-9,11H,5-7,17H2,1-4H3,(H,18,21)/t11-/m0/s1. The van der Waals surface area contributed by atoms with Crippen LogP contribution in [0.5, 0.6) is 0 Å². The second-order valence-electron chi connectivity index (χ2n) is 5.77. The minimum atomic E-state index is -4.47. The lowest BCUT2D eigenvalue weighted by molar-refractivity contribution is -0.161. The lowest BCUT2D eigenvalue weighted by Gasteiger charge is -2.26. The summed E-state index contributed by atoms with van der Waals surface area (Å²) in [6, 6.07) is -0.793. The highest BCUT2D eigenvalue weighted by molar-refractivity contribution is 5.87. The summed E-state index contributed by atoms with van der Waals surface area (Å²) in [6.07, 6.45) is -4.47. The number of nitrogens with two attached hydrogens (primary N) is 1. The van der Waals surface area contributed by atoms with Crippen LogP contribution in [-0.4, -0.2) is 48.6 Å². The molecule has 21 heavy (non-hydrogen) atoms. The van der Waals surface area contributed by atoms with E-state index in [1.807, 2.05) is 0 Å². The molecule has 0 aliphatic carbocycles. The van der Waals surface area contributed by atoms with Crippen LogP contribution in [0.15, 0.2) is 0 Å². The summed E-state index contributed by atoms with van der Waals surface area (Å²) in [7, 11) is 0. The van der Waals surface area contributed by atoms with Crippen molar-refractivity contribution < 1.29 is 22.8 Å². The first kappa shape index (κ1) is 19.7. The van der Waals surface area contributed by atoms with Gasteiger partial charge in [-0.1, -0.05) is 27.7 Å². The van der Waals surface area contributed by atoms with Crippen molar-refractivity contribution in [3.05, 3.63) is 0 Å². The molecule has 0 fully saturated rings. The van der Waals surface area contributed by atoms with E-state index in [1.54, 1.807) is 27.7 Å². The first-order chi connectivity index (χ1) is 9.44. The normalized spacial score (nSPS) is 13.4. The Morgan fingerprint density at radius 3 is 2.10 bits per heavy atom. The average molecular weight is 311 g/mol. The van der Waals surface area contributed by atoms with Crippen molar-refractivity contribution in [2.45, 2.75) is 39.9 Å². The van der Waals surface area contributed by atoms with Crippen LogP contribution in [0, 0.1) is 11.8 Å². The Morgan fingerprint density at radius 1 is 1.19 bits per heavy atom. The van der Waals surface area contributed by atoms with Crippen LogP contribution in [-0.2, 0) is 9.59 Å². The minimum Gasteiger partial charge on any atom is -0.346 e. The van der Waals surface area contributed by atoms with Gasteiger partial charge < -0.3 is 16.0 Å². The van der Waals surface area contributed by atoms with Crippen molar-refractivity contribution in [1.82, 2.24) is 10.2 Å². The highest BCUT2D eigenvalue weighted by Gasteiger charge is 2.33.